The predicted octanol–water partition coefficient (Wildman–Crippen LogP) is 0.681. The molecule has 0 aliphatic carbocycles. The van der Waals surface area contributed by atoms with Crippen molar-refractivity contribution in [1.82, 2.24) is 10.2 Å². The Morgan fingerprint density at radius 1 is 1.18 bits per heavy atom. The highest BCUT2D eigenvalue weighted by molar-refractivity contribution is 4.90. The van der Waals surface area contributed by atoms with Gasteiger partial charge in [-0.25, -0.2) is 0 Å². The van der Waals surface area contributed by atoms with Crippen LogP contribution in [0.5, 0.6) is 0 Å². The minimum atomic E-state index is 0.0764. The van der Waals surface area contributed by atoms with Crippen LogP contribution in [0.3, 0.4) is 0 Å². The molecule has 4 heteroatoms. The second-order valence-corrected chi connectivity index (χ2v) is 5.60. The van der Waals surface area contributed by atoms with Gasteiger partial charge in [-0.15, -0.1) is 0 Å². The molecule has 98 valence electrons. The quantitative estimate of drug-likeness (QED) is 0.783. The summed E-state index contributed by atoms with van der Waals surface area (Å²) in [4.78, 5) is 2.55. The van der Waals surface area contributed by atoms with Gasteiger partial charge < -0.3 is 19.7 Å². The maximum absolute atomic E-state index is 5.79. The molecule has 3 fully saturated rings. The van der Waals surface area contributed by atoms with Crippen LogP contribution in [0, 0.1) is 11.8 Å². The standard InChI is InChI=1S/C13H24N2O2/c1-2-5-16-13(3-1)17-6-4-15-9-11-7-14-8-12(11)10-15/h11-14H,1-10H2. The van der Waals surface area contributed by atoms with Gasteiger partial charge in [0.05, 0.1) is 6.61 Å². The number of hydrogen-bond donors (Lipinski definition) is 1. The average molecular weight is 240 g/mol. The second-order valence-electron chi connectivity index (χ2n) is 5.60. The van der Waals surface area contributed by atoms with E-state index in [4.69, 9.17) is 9.47 Å². The lowest BCUT2D eigenvalue weighted by Crippen LogP contribution is -2.31. The normalized spacial score (nSPS) is 38.5. The number of likely N-dealkylation sites (tertiary alicyclic amines) is 1. The SMILES string of the molecule is C1CCC(OCCN2CC3CNCC3C2)OC1. The largest absolute Gasteiger partial charge is 0.353 e. The van der Waals surface area contributed by atoms with E-state index in [0.717, 1.165) is 38.0 Å². The van der Waals surface area contributed by atoms with Gasteiger partial charge in [-0.2, -0.15) is 0 Å². The zero-order valence-corrected chi connectivity index (χ0v) is 10.6. The Morgan fingerprint density at radius 2 is 2.00 bits per heavy atom. The maximum Gasteiger partial charge on any atom is 0.157 e. The molecule has 3 rings (SSSR count). The third kappa shape index (κ3) is 2.99. The summed E-state index contributed by atoms with van der Waals surface area (Å²) in [6.45, 7) is 7.73. The Bertz CT molecular complexity index is 232. The molecule has 0 radical (unpaired) electrons. The Morgan fingerprint density at radius 3 is 2.71 bits per heavy atom. The van der Waals surface area contributed by atoms with Crippen molar-refractivity contribution >= 4 is 0 Å². The van der Waals surface area contributed by atoms with E-state index in [1.165, 1.54) is 39.0 Å². The summed E-state index contributed by atoms with van der Waals surface area (Å²) in [5, 5.41) is 3.47. The number of nitrogens with zero attached hydrogens (tertiary/aromatic N) is 1. The molecule has 3 saturated heterocycles. The number of hydrogen-bond acceptors (Lipinski definition) is 4. The van der Waals surface area contributed by atoms with Gasteiger partial charge >= 0.3 is 0 Å². The van der Waals surface area contributed by atoms with E-state index in [0.29, 0.717) is 0 Å². The number of nitrogens with one attached hydrogen (secondary N) is 1. The lowest BCUT2D eigenvalue weighted by molar-refractivity contribution is -0.163. The smallest absolute Gasteiger partial charge is 0.157 e. The third-order valence-electron chi connectivity index (χ3n) is 4.31. The van der Waals surface area contributed by atoms with Crippen LogP contribution in [-0.2, 0) is 9.47 Å². The molecule has 0 spiro atoms. The molecule has 17 heavy (non-hydrogen) atoms. The molecule has 0 bridgehead atoms. The third-order valence-corrected chi connectivity index (χ3v) is 4.31. The molecule has 1 N–H and O–H groups in total. The Balaban J connectivity index is 1.32. The van der Waals surface area contributed by atoms with Crippen molar-refractivity contribution < 1.29 is 9.47 Å². The van der Waals surface area contributed by atoms with Crippen LogP contribution in [-0.4, -0.2) is 57.1 Å². The minimum absolute atomic E-state index is 0.0764. The molecular formula is C13H24N2O2. The number of rotatable bonds is 4. The van der Waals surface area contributed by atoms with Crippen LogP contribution >= 0.6 is 0 Å². The lowest BCUT2D eigenvalue weighted by atomic mass is 10.0. The zero-order chi connectivity index (χ0) is 11.5. The van der Waals surface area contributed by atoms with E-state index < -0.39 is 0 Å². The first-order valence-corrected chi connectivity index (χ1v) is 7.08. The first-order chi connectivity index (χ1) is 8.42. The van der Waals surface area contributed by atoms with E-state index in [1.807, 2.05) is 0 Å². The predicted molar refractivity (Wildman–Crippen MR) is 65.8 cm³/mol. The molecular weight excluding hydrogens is 216 g/mol. The van der Waals surface area contributed by atoms with Crippen molar-refractivity contribution in [2.45, 2.75) is 25.6 Å². The molecule has 3 atom stereocenters. The molecule has 0 saturated carbocycles. The Labute approximate surface area is 104 Å². The topological polar surface area (TPSA) is 33.7 Å². The summed E-state index contributed by atoms with van der Waals surface area (Å²) >= 11 is 0. The van der Waals surface area contributed by atoms with Gasteiger partial charge in [0, 0.05) is 26.2 Å². The summed E-state index contributed by atoms with van der Waals surface area (Å²) in [6.07, 6.45) is 3.61. The van der Waals surface area contributed by atoms with Crippen LogP contribution in [0.4, 0.5) is 0 Å². The summed E-state index contributed by atoms with van der Waals surface area (Å²) in [5.41, 5.74) is 0. The van der Waals surface area contributed by atoms with E-state index >= 15 is 0 Å². The number of fused-ring (bicyclic) bond motifs is 1. The van der Waals surface area contributed by atoms with Gasteiger partial charge in [0.2, 0.25) is 0 Å². The van der Waals surface area contributed by atoms with E-state index in [2.05, 4.69) is 10.2 Å². The van der Waals surface area contributed by atoms with Crippen molar-refractivity contribution in [3.05, 3.63) is 0 Å². The fourth-order valence-electron chi connectivity index (χ4n) is 3.29. The molecule has 3 heterocycles. The molecule has 0 amide bonds. The molecule has 0 aromatic rings. The summed E-state index contributed by atoms with van der Waals surface area (Å²) in [7, 11) is 0. The van der Waals surface area contributed by atoms with E-state index in [9.17, 15) is 0 Å². The number of ether oxygens (including phenoxy) is 2. The summed E-state index contributed by atoms with van der Waals surface area (Å²) in [6, 6.07) is 0. The molecule has 3 aliphatic heterocycles. The highest BCUT2D eigenvalue weighted by Gasteiger charge is 2.35. The first kappa shape index (κ1) is 11.9. The molecule has 3 aliphatic rings. The van der Waals surface area contributed by atoms with Crippen LogP contribution in [0.1, 0.15) is 19.3 Å². The van der Waals surface area contributed by atoms with Crippen molar-refractivity contribution in [2.75, 3.05) is 45.9 Å². The lowest BCUT2D eigenvalue weighted by Gasteiger charge is -2.24. The monoisotopic (exact) mass is 240 g/mol. The van der Waals surface area contributed by atoms with Gasteiger partial charge in [-0.3, -0.25) is 0 Å². The fourth-order valence-corrected chi connectivity index (χ4v) is 3.29. The molecule has 0 aromatic heterocycles. The van der Waals surface area contributed by atoms with Crippen LogP contribution in [0.25, 0.3) is 0 Å². The van der Waals surface area contributed by atoms with Crippen molar-refractivity contribution in [1.29, 1.82) is 0 Å². The zero-order valence-electron chi connectivity index (χ0n) is 10.6. The fraction of sp³-hybridized carbons (Fsp3) is 1.00. The van der Waals surface area contributed by atoms with Gasteiger partial charge in [-0.1, -0.05) is 0 Å². The van der Waals surface area contributed by atoms with Gasteiger partial charge in [0.15, 0.2) is 6.29 Å². The second kappa shape index (κ2) is 5.65. The maximum atomic E-state index is 5.79. The van der Waals surface area contributed by atoms with Gasteiger partial charge in [-0.05, 0) is 44.2 Å². The summed E-state index contributed by atoms with van der Waals surface area (Å²) in [5.74, 6) is 1.78. The van der Waals surface area contributed by atoms with Gasteiger partial charge in [0.1, 0.15) is 0 Å². The van der Waals surface area contributed by atoms with Crippen LogP contribution in [0.2, 0.25) is 0 Å². The van der Waals surface area contributed by atoms with Crippen LogP contribution in [0.15, 0.2) is 0 Å². The minimum Gasteiger partial charge on any atom is -0.353 e. The van der Waals surface area contributed by atoms with Crippen molar-refractivity contribution in [3.63, 3.8) is 0 Å². The van der Waals surface area contributed by atoms with Crippen molar-refractivity contribution in [3.8, 4) is 0 Å². The first-order valence-electron chi connectivity index (χ1n) is 7.08. The molecule has 0 aromatic carbocycles. The summed E-state index contributed by atoms with van der Waals surface area (Å²) < 4.78 is 11.4. The van der Waals surface area contributed by atoms with E-state index in [-0.39, 0.29) is 6.29 Å². The Hall–Kier alpha value is -0.160. The highest BCUT2D eigenvalue weighted by Crippen LogP contribution is 2.25. The molecule has 3 unspecified atom stereocenters. The van der Waals surface area contributed by atoms with E-state index in [1.54, 1.807) is 0 Å². The average Bonchev–Trinajstić information content (AvgIpc) is 2.91. The highest BCUT2D eigenvalue weighted by atomic mass is 16.7. The molecule has 4 nitrogen and oxygen atoms in total. The van der Waals surface area contributed by atoms with Crippen LogP contribution < -0.4 is 5.32 Å². The van der Waals surface area contributed by atoms with Crippen molar-refractivity contribution in [2.24, 2.45) is 11.8 Å². The van der Waals surface area contributed by atoms with Gasteiger partial charge in [0.25, 0.3) is 0 Å². The Kier molecular flexibility index (Phi) is 3.96.